The average Bonchev–Trinajstić information content (AvgIpc) is 3.27. The van der Waals surface area contributed by atoms with Gasteiger partial charge in [0.15, 0.2) is 5.65 Å². The van der Waals surface area contributed by atoms with E-state index in [9.17, 15) is 9.18 Å². The zero-order valence-electron chi connectivity index (χ0n) is 15.8. The van der Waals surface area contributed by atoms with Crippen LogP contribution in [-0.2, 0) is 11.2 Å². The number of aryl methyl sites for hydroxylation is 3. The van der Waals surface area contributed by atoms with Crippen LogP contribution in [0.1, 0.15) is 47.0 Å². The highest BCUT2D eigenvalue weighted by Crippen LogP contribution is 2.40. The van der Waals surface area contributed by atoms with E-state index < -0.39 is 0 Å². The van der Waals surface area contributed by atoms with Crippen LogP contribution >= 0.6 is 0 Å². The highest BCUT2D eigenvalue weighted by atomic mass is 19.1. The van der Waals surface area contributed by atoms with Crippen molar-refractivity contribution in [3.8, 4) is 0 Å². The Morgan fingerprint density at radius 1 is 1.30 bits per heavy atom. The van der Waals surface area contributed by atoms with Crippen LogP contribution in [0.15, 0.2) is 30.3 Å². The summed E-state index contributed by atoms with van der Waals surface area (Å²) < 4.78 is 15.2. The summed E-state index contributed by atoms with van der Waals surface area (Å²) in [4.78, 5) is 17.0. The Bertz CT molecular complexity index is 1030. The van der Waals surface area contributed by atoms with Gasteiger partial charge in [-0.2, -0.15) is 5.10 Å². The van der Waals surface area contributed by atoms with Crippen LogP contribution < -0.4 is 5.32 Å². The maximum absolute atomic E-state index is 13.3. The highest BCUT2D eigenvalue weighted by molar-refractivity contribution is 5.77. The van der Waals surface area contributed by atoms with Crippen LogP contribution in [0.25, 0.3) is 5.65 Å². The summed E-state index contributed by atoms with van der Waals surface area (Å²) in [5, 5.41) is 7.54. The van der Waals surface area contributed by atoms with Gasteiger partial charge in [0.2, 0.25) is 5.91 Å². The topological polar surface area (TPSA) is 59.3 Å². The van der Waals surface area contributed by atoms with Crippen molar-refractivity contribution in [1.82, 2.24) is 19.9 Å². The van der Waals surface area contributed by atoms with E-state index in [1.165, 1.54) is 6.07 Å². The van der Waals surface area contributed by atoms with Crippen LogP contribution in [0.5, 0.6) is 0 Å². The quantitative estimate of drug-likeness (QED) is 0.753. The third kappa shape index (κ3) is 3.56. The molecule has 2 unspecified atom stereocenters. The number of hydrogen-bond donors (Lipinski definition) is 1. The number of hydrogen-bond acceptors (Lipinski definition) is 3. The molecular formula is C21H23FN4O. The number of carbonyl (C=O) groups is 1. The molecule has 2 heterocycles. The molecule has 1 N–H and O–H groups in total. The Balaban J connectivity index is 1.38. The lowest BCUT2D eigenvalue weighted by atomic mass is 10.1. The van der Waals surface area contributed by atoms with Crippen LogP contribution in [0.3, 0.4) is 0 Å². The molecule has 1 fully saturated rings. The van der Waals surface area contributed by atoms with Gasteiger partial charge in [-0.1, -0.05) is 12.1 Å². The Morgan fingerprint density at radius 2 is 2.11 bits per heavy atom. The lowest BCUT2D eigenvalue weighted by molar-refractivity contribution is -0.121. The summed E-state index contributed by atoms with van der Waals surface area (Å²) in [5.74, 6) is 0.0137. The first-order valence-corrected chi connectivity index (χ1v) is 9.29. The van der Waals surface area contributed by atoms with Crippen LogP contribution in [-0.4, -0.2) is 26.5 Å². The van der Waals surface area contributed by atoms with Crippen molar-refractivity contribution in [3.05, 3.63) is 64.4 Å². The number of nitrogens with zero attached hydrogens (tertiary/aromatic N) is 3. The average molecular weight is 366 g/mol. The number of carbonyl (C=O) groups excluding carboxylic acids is 1. The molecule has 1 amide bonds. The Hall–Kier alpha value is -2.76. The lowest BCUT2D eigenvalue weighted by Gasteiger charge is -2.11. The van der Waals surface area contributed by atoms with E-state index in [0.29, 0.717) is 12.8 Å². The van der Waals surface area contributed by atoms with Gasteiger partial charge in [-0.3, -0.25) is 4.79 Å². The van der Waals surface area contributed by atoms with Crippen molar-refractivity contribution in [1.29, 1.82) is 0 Å². The fourth-order valence-electron chi connectivity index (χ4n) is 3.78. The van der Waals surface area contributed by atoms with Gasteiger partial charge in [0.1, 0.15) is 5.82 Å². The van der Waals surface area contributed by atoms with Crippen molar-refractivity contribution in [2.45, 2.75) is 52.0 Å². The van der Waals surface area contributed by atoms with Gasteiger partial charge in [0.05, 0.1) is 5.69 Å². The van der Waals surface area contributed by atoms with Crippen LogP contribution in [0.4, 0.5) is 4.39 Å². The molecule has 5 nitrogen and oxygen atoms in total. The summed E-state index contributed by atoms with van der Waals surface area (Å²) >= 11 is 0. The first-order chi connectivity index (χ1) is 12.9. The standard InChI is InChI=1S/C21H23FN4O/c1-12-9-20-23-13(2)17(14(3)26(20)25-12)7-8-21(27)24-19-11-18(19)15-5-4-6-16(22)10-15/h4-6,9-10,18-19H,7-8,11H2,1-3H3,(H,24,27). The molecule has 0 spiro atoms. The zero-order valence-corrected chi connectivity index (χ0v) is 15.8. The van der Waals surface area contributed by atoms with E-state index in [2.05, 4.69) is 15.4 Å². The second-order valence-electron chi connectivity index (χ2n) is 7.39. The zero-order chi connectivity index (χ0) is 19.1. The van der Waals surface area contributed by atoms with Gasteiger partial charge in [-0.15, -0.1) is 0 Å². The van der Waals surface area contributed by atoms with E-state index in [1.807, 2.05) is 37.4 Å². The van der Waals surface area contributed by atoms with Crippen molar-refractivity contribution >= 4 is 11.6 Å². The highest BCUT2D eigenvalue weighted by Gasteiger charge is 2.39. The summed E-state index contributed by atoms with van der Waals surface area (Å²) in [5.41, 5.74) is 5.76. The van der Waals surface area contributed by atoms with E-state index in [1.54, 1.807) is 12.1 Å². The van der Waals surface area contributed by atoms with Gasteiger partial charge < -0.3 is 5.32 Å². The molecule has 0 bridgehead atoms. The van der Waals surface area contributed by atoms with Crippen molar-refractivity contribution in [2.24, 2.45) is 0 Å². The van der Waals surface area contributed by atoms with Gasteiger partial charge >= 0.3 is 0 Å². The molecule has 2 atom stereocenters. The molecular weight excluding hydrogens is 343 g/mol. The van der Waals surface area contributed by atoms with Gasteiger partial charge in [-0.25, -0.2) is 13.9 Å². The monoisotopic (exact) mass is 366 g/mol. The predicted molar refractivity (Wildman–Crippen MR) is 101 cm³/mol. The molecule has 0 saturated heterocycles. The Morgan fingerprint density at radius 3 is 2.89 bits per heavy atom. The molecule has 27 heavy (non-hydrogen) atoms. The molecule has 3 aromatic rings. The first-order valence-electron chi connectivity index (χ1n) is 9.29. The van der Waals surface area contributed by atoms with Gasteiger partial charge in [0, 0.05) is 35.8 Å². The number of aromatic nitrogens is 3. The molecule has 1 aliphatic rings. The molecule has 1 aliphatic carbocycles. The van der Waals surface area contributed by atoms with Crippen LogP contribution in [0.2, 0.25) is 0 Å². The second kappa shape index (κ2) is 6.76. The molecule has 2 aromatic heterocycles. The summed E-state index contributed by atoms with van der Waals surface area (Å²) in [6.07, 6.45) is 1.90. The van der Waals surface area contributed by atoms with Crippen LogP contribution in [0, 0.1) is 26.6 Å². The predicted octanol–water partition coefficient (Wildman–Crippen LogP) is 3.40. The molecule has 1 aromatic carbocycles. The molecule has 0 aliphatic heterocycles. The Kier molecular flexibility index (Phi) is 4.42. The smallest absolute Gasteiger partial charge is 0.220 e. The molecule has 140 valence electrons. The minimum atomic E-state index is -0.229. The Labute approximate surface area is 157 Å². The van der Waals surface area contributed by atoms with E-state index >= 15 is 0 Å². The number of benzene rings is 1. The number of nitrogens with one attached hydrogen (secondary N) is 1. The van der Waals surface area contributed by atoms with E-state index in [4.69, 9.17) is 0 Å². The third-order valence-electron chi connectivity index (χ3n) is 5.30. The number of halogens is 1. The lowest BCUT2D eigenvalue weighted by Crippen LogP contribution is -2.27. The maximum Gasteiger partial charge on any atom is 0.220 e. The van der Waals surface area contributed by atoms with Crippen molar-refractivity contribution in [3.63, 3.8) is 0 Å². The first kappa shape index (κ1) is 17.6. The SMILES string of the molecule is Cc1cc2nc(C)c(CCC(=O)NC3CC3c3cccc(F)c3)c(C)n2n1. The fourth-order valence-corrected chi connectivity index (χ4v) is 3.78. The summed E-state index contributed by atoms with van der Waals surface area (Å²) in [6.45, 7) is 5.94. The van der Waals surface area contributed by atoms with Crippen molar-refractivity contribution in [2.75, 3.05) is 0 Å². The largest absolute Gasteiger partial charge is 0.353 e. The molecule has 6 heteroatoms. The molecule has 0 radical (unpaired) electrons. The minimum absolute atomic E-state index is 0.0226. The number of fused-ring (bicyclic) bond motifs is 1. The summed E-state index contributed by atoms with van der Waals surface area (Å²) in [7, 11) is 0. The third-order valence-corrected chi connectivity index (χ3v) is 5.30. The van der Waals surface area contributed by atoms with Gasteiger partial charge in [0.25, 0.3) is 0 Å². The van der Waals surface area contributed by atoms with E-state index in [0.717, 1.165) is 40.3 Å². The fraction of sp³-hybridized carbons (Fsp3) is 0.381. The number of amides is 1. The van der Waals surface area contributed by atoms with Gasteiger partial charge in [-0.05, 0) is 56.9 Å². The second-order valence-corrected chi connectivity index (χ2v) is 7.39. The number of rotatable bonds is 5. The molecule has 1 saturated carbocycles. The summed E-state index contributed by atoms with van der Waals surface area (Å²) in [6, 6.07) is 8.69. The van der Waals surface area contributed by atoms with Crippen molar-refractivity contribution < 1.29 is 9.18 Å². The maximum atomic E-state index is 13.3. The molecule has 4 rings (SSSR count). The minimum Gasteiger partial charge on any atom is -0.353 e. The normalized spacial score (nSPS) is 18.7. The van der Waals surface area contributed by atoms with E-state index in [-0.39, 0.29) is 23.7 Å².